The number of fused-ring (bicyclic) bond motifs is 1. The lowest BCUT2D eigenvalue weighted by Gasteiger charge is -2.48. The van der Waals surface area contributed by atoms with Gasteiger partial charge in [0.1, 0.15) is 12.2 Å². The molecular weight excluding hydrogens is 577 g/mol. The minimum Gasteiger partial charge on any atom is -0.462 e. The fraction of sp³-hybridized carbons (Fsp3) is 0.436. The van der Waals surface area contributed by atoms with Gasteiger partial charge < -0.3 is 13.9 Å². The van der Waals surface area contributed by atoms with Crippen molar-refractivity contribution in [2.75, 3.05) is 0 Å². The fourth-order valence-electron chi connectivity index (χ4n) is 7.28. The number of rotatable bonds is 12. The lowest BCUT2D eigenvalue weighted by molar-refractivity contribution is -0.141. The number of benzene rings is 3. The van der Waals surface area contributed by atoms with E-state index in [1.165, 1.54) is 10.4 Å². The molecule has 1 aliphatic heterocycles. The molecule has 45 heavy (non-hydrogen) atoms. The molecule has 238 valence electrons. The van der Waals surface area contributed by atoms with Crippen molar-refractivity contribution in [3.8, 4) is 0 Å². The first kappa shape index (κ1) is 32.9. The van der Waals surface area contributed by atoms with Crippen LogP contribution in [0.25, 0.3) is 0 Å². The molecule has 5 rings (SSSR count). The van der Waals surface area contributed by atoms with E-state index in [2.05, 4.69) is 107 Å². The minimum atomic E-state index is -2.86. The average Bonchev–Trinajstić information content (AvgIpc) is 3.54. The van der Waals surface area contributed by atoms with Gasteiger partial charge in [0.05, 0.1) is 17.6 Å². The highest BCUT2D eigenvalue weighted by Crippen LogP contribution is 2.45. The molecule has 3 aromatic carbocycles. The number of carbonyl (C=O) groups excluding carboxylic acids is 2. The van der Waals surface area contributed by atoms with Gasteiger partial charge in [-0.15, -0.1) is 0 Å². The maximum atomic E-state index is 13.1. The van der Waals surface area contributed by atoms with Crippen LogP contribution in [0, 0.1) is 11.8 Å². The predicted molar refractivity (Wildman–Crippen MR) is 182 cm³/mol. The van der Waals surface area contributed by atoms with Crippen LogP contribution >= 0.6 is 0 Å². The quantitative estimate of drug-likeness (QED) is 0.0897. The van der Waals surface area contributed by atoms with Crippen LogP contribution in [-0.2, 0) is 18.7 Å². The van der Waals surface area contributed by atoms with Crippen molar-refractivity contribution in [2.45, 2.75) is 96.0 Å². The summed E-state index contributed by atoms with van der Waals surface area (Å²) >= 11 is 0. The molecule has 0 aromatic heterocycles. The number of hydrogen-bond donors (Lipinski definition) is 0. The monoisotopic (exact) mass is 624 g/mol. The van der Waals surface area contributed by atoms with Crippen molar-refractivity contribution in [2.24, 2.45) is 11.8 Å². The minimum absolute atomic E-state index is 0.0323. The molecule has 1 unspecified atom stereocenters. The van der Waals surface area contributed by atoms with Crippen LogP contribution in [0.1, 0.15) is 83.5 Å². The molecule has 1 aliphatic carbocycles. The van der Waals surface area contributed by atoms with Crippen molar-refractivity contribution in [1.29, 1.82) is 0 Å². The summed E-state index contributed by atoms with van der Waals surface area (Å²) in [6, 6.07) is 30.6. The van der Waals surface area contributed by atoms with Gasteiger partial charge in [0.15, 0.2) is 0 Å². The summed E-state index contributed by atoms with van der Waals surface area (Å²) in [5, 5.41) is 2.31. The molecule has 0 amide bonds. The zero-order valence-corrected chi connectivity index (χ0v) is 28.4. The van der Waals surface area contributed by atoms with E-state index in [1.54, 1.807) is 12.1 Å². The molecule has 2 aliphatic rings. The second-order valence-electron chi connectivity index (χ2n) is 13.9. The Kier molecular flexibility index (Phi) is 10.1. The summed E-state index contributed by atoms with van der Waals surface area (Å²) < 4.78 is 19.6. The largest absolute Gasteiger partial charge is 0.462 e. The zero-order chi connectivity index (χ0) is 32.1. The van der Waals surface area contributed by atoms with E-state index >= 15 is 0 Å². The van der Waals surface area contributed by atoms with Crippen LogP contribution in [0.15, 0.2) is 103 Å². The van der Waals surface area contributed by atoms with E-state index in [0.29, 0.717) is 18.4 Å². The molecule has 0 spiro atoms. The molecule has 1 saturated carbocycles. The predicted octanol–water partition coefficient (Wildman–Crippen LogP) is 7.64. The SMILES string of the molecule is CCCCCC(C)(/C=C/[C@@H]1[C@H]2CC(=O)O[C@H]2C[C@H]1OC(=O)c1ccccc1)O[Si](c1ccccc1)(c1ccccc1)C(C)(C)C. The lowest BCUT2D eigenvalue weighted by Crippen LogP contribution is -2.69. The summed E-state index contributed by atoms with van der Waals surface area (Å²) in [5.41, 5.74) is -0.0793. The zero-order valence-electron chi connectivity index (χ0n) is 27.4. The second-order valence-corrected chi connectivity index (χ2v) is 18.1. The summed E-state index contributed by atoms with van der Waals surface area (Å²) in [5.74, 6) is -0.706. The number of hydrogen-bond acceptors (Lipinski definition) is 5. The summed E-state index contributed by atoms with van der Waals surface area (Å²) in [6.45, 7) is 11.3. The molecule has 1 saturated heterocycles. The standard InChI is InChI=1S/C39H48O5Si/c1-6-7-17-25-39(5,44-45(38(2,3)4,30-20-13-9-14-21-30)31-22-15-10-16-23-31)26-24-32-33-27-36(40)42-35(33)28-34(32)43-37(41)29-18-11-8-12-19-29/h8-16,18-24,26,32-35H,6-7,17,25,27-28H2,1-5H3/b26-24+/t32-,33-,34-,35+,39?/m1/s1. The summed E-state index contributed by atoms with van der Waals surface area (Å²) in [6.07, 6.45) is 8.72. The van der Waals surface area contributed by atoms with E-state index in [0.717, 1.165) is 25.7 Å². The Labute approximate surface area is 270 Å². The number of ether oxygens (including phenoxy) is 2. The molecule has 3 aromatic rings. The first-order valence-electron chi connectivity index (χ1n) is 16.5. The van der Waals surface area contributed by atoms with Gasteiger partial charge in [-0.3, -0.25) is 4.79 Å². The average molecular weight is 625 g/mol. The van der Waals surface area contributed by atoms with Crippen molar-refractivity contribution in [3.05, 3.63) is 109 Å². The molecule has 5 nitrogen and oxygen atoms in total. The number of esters is 2. The highest BCUT2D eigenvalue weighted by Gasteiger charge is 2.54. The smallest absolute Gasteiger partial charge is 0.338 e. The van der Waals surface area contributed by atoms with Gasteiger partial charge in [-0.2, -0.15) is 0 Å². The number of unbranched alkanes of at least 4 members (excludes halogenated alkanes) is 2. The summed E-state index contributed by atoms with van der Waals surface area (Å²) in [4.78, 5) is 25.5. The Morgan fingerprint density at radius 3 is 2.02 bits per heavy atom. The highest BCUT2D eigenvalue weighted by atomic mass is 28.4. The first-order chi connectivity index (χ1) is 21.6. The van der Waals surface area contributed by atoms with Gasteiger partial charge >= 0.3 is 11.9 Å². The fourth-order valence-corrected chi connectivity index (χ4v) is 12.1. The Morgan fingerprint density at radius 2 is 1.47 bits per heavy atom. The highest BCUT2D eigenvalue weighted by molar-refractivity contribution is 6.99. The van der Waals surface area contributed by atoms with Gasteiger partial charge in [0, 0.05) is 18.3 Å². The maximum Gasteiger partial charge on any atom is 0.338 e. The van der Waals surface area contributed by atoms with Gasteiger partial charge in [-0.05, 0) is 40.9 Å². The molecule has 1 heterocycles. The van der Waals surface area contributed by atoms with Crippen LogP contribution in [0.2, 0.25) is 5.04 Å². The van der Waals surface area contributed by atoms with Gasteiger partial charge in [0.25, 0.3) is 8.32 Å². The van der Waals surface area contributed by atoms with Crippen molar-refractivity contribution in [1.82, 2.24) is 0 Å². The second kappa shape index (κ2) is 13.9. The van der Waals surface area contributed by atoms with Gasteiger partial charge in [0.2, 0.25) is 0 Å². The van der Waals surface area contributed by atoms with Crippen LogP contribution < -0.4 is 10.4 Å². The van der Waals surface area contributed by atoms with E-state index in [4.69, 9.17) is 13.9 Å². The topological polar surface area (TPSA) is 61.8 Å². The maximum absolute atomic E-state index is 13.1. The molecule has 6 heteroatoms. The third-order valence-corrected chi connectivity index (χ3v) is 14.7. The molecule has 0 N–H and O–H groups in total. The molecule has 5 atom stereocenters. The Bertz CT molecular complexity index is 1410. The van der Waals surface area contributed by atoms with Crippen LogP contribution in [0.4, 0.5) is 0 Å². The third kappa shape index (κ3) is 7.18. The molecular formula is C39H48O5Si. The van der Waals surface area contributed by atoms with E-state index in [1.807, 2.05) is 18.2 Å². The normalized spacial score (nSPS) is 23.0. The van der Waals surface area contributed by atoms with Crippen molar-refractivity contribution in [3.63, 3.8) is 0 Å². The Morgan fingerprint density at radius 1 is 0.889 bits per heavy atom. The Balaban J connectivity index is 1.54. The van der Waals surface area contributed by atoms with E-state index in [-0.39, 0.29) is 41.0 Å². The summed E-state index contributed by atoms with van der Waals surface area (Å²) in [7, 11) is -2.86. The molecule has 0 bridgehead atoms. The lowest BCUT2D eigenvalue weighted by atomic mass is 9.89. The van der Waals surface area contributed by atoms with Crippen molar-refractivity contribution < 1.29 is 23.5 Å². The number of carbonyl (C=O) groups is 2. The first-order valence-corrected chi connectivity index (χ1v) is 18.4. The van der Waals surface area contributed by atoms with Crippen LogP contribution in [-0.4, -0.2) is 38.1 Å². The molecule has 0 radical (unpaired) electrons. The van der Waals surface area contributed by atoms with Gasteiger partial charge in [-0.25, -0.2) is 4.79 Å². The third-order valence-electron chi connectivity index (χ3n) is 9.57. The van der Waals surface area contributed by atoms with Crippen LogP contribution in [0.3, 0.4) is 0 Å². The van der Waals surface area contributed by atoms with E-state index < -0.39 is 13.9 Å². The van der Waals surface area contributed by atoms with Crippen LogP contribution in [0.5, 0.6) is 0 Å². The van der Waals surface area contributed by atoms with E-state index in [9.17, 15) is 9.59 Å². The van der Waals surface area contributed by atoms with Gasteiger partial charge in [-0.1, -0.05) is 138 Å². The molecule has 2 fully saturated rings. The Hall–Kier alpha value is -3.48. The van der Waals surface area contributed by atoms with Crippen molar-refractivity contribution >= 4 is 30.6 Å².